The van der Waals surface area contributed by atoms with E-state index in [-0.39, 0.29) is 11.5 Å². The largest absolute Gasteiger partial charge is 0.493 e. The average molecular weight is 556 g/mol. The number of rotatable bonds is 10. The van der Waals surface area contributed by atoms with Crippen molar-refractivity contribution >= 4 is 39.0 Å². The summed E-state index contributed by atoms with van der Waals surface area (Å²) in [7, 11) is 2.82. The fourth-order valence-corrected chi connectivity index (χ4v) is 4.01. The van der Waals surface area contributed by atoms with Gasteiger partial charge in [-0.25, -0.2) is 9.78 Å². The second-order valence-corrected chi connectivity index (χ2v) is 9.21. The van der Waals surface area contributed by atoms with Crippen molar-refractivity contribution in [2.45, 2.75) is 45.6 Å². The number of allylic oxidation sites excluding steroid dienone is 1. The van der Waals surface area contributed by atoms with Gasteiger partial charge in [-0.3, -0.25) is 4.79 Å². The molecule has 2 atom stereocenters. The molecule has 0 aliphatic heterocycles. The summed E-state index contributed by atoms with van der Waals surface area (Å²) < 4.78 is 18.3. The number of fused-ring (bicyclic) bond motifs is 1. The molecule has 0 saturated heterocycles. The van der Waals surface area contributed by atoms with Crippen LogP contribution >= 0.6 is 15.9 Å². The molecule has 0 N–H and O–H groups in total. The number of nitrogens with zero attached hydrogens (tertiary/aromatic N) is 3. The molecule has 0 amide bonds. The van der Waals surface area contributed by atoms with E-state index in [4.69, 9.17) is 19.2 Å². The van der Waals surface area contributed by atoms with Crippen LogP contribution in [0.25, 0.3) is 10.9 Å². The van der Waals surface area contributed by atoms with Crippen molar-refractivity contribution in [3.05, 3.63) is 74.8 Å². The van der Waals surface area contributed by atoms with E-state index in [0.717, 1.165) is 16.5 Å². The first-order chi connectivity index (χ1) is 17.2. The average Bonchev–Trinajstić information content (AvgIpc) is 2.88. The molecule has 0 bridgehead atoms. The Kier molecular flexibility index (Phi) is 9.03. The van der Waals surface area contributed by atoms with E-state index in [1.165, 1.54) is 18.9 Å². The van der Waals surface area contributed by atoms with Crippen molar-refractivity contribution in [3.8, 4) is 11.5 Å². The molecular weight excluding hydrogens is 526 g/mol. The minimum atomic E-state index is -0.827. The minimum absolute atomic E-state index is 0.0179. The summed E-state index contributed by atoms with van der Waals surface area (Å²) in [5.41, 5.74) is 1.80. The second-order valence-electron chi connectivity index (χ2n) is 8.29. The number of carbonyl (C=O) groups excluding carboxylic acids is 1. The highest BCUT2D eigenvalue weighted by molar-refractivity contribution is 9.10. The molecule has 0 spiro atoms. The van der Waals surface area contributed by atoms with Gasteiger partial charge in [-0.1, -0.05) is 35.9 Å². The molecule has 8 nitrogen and oxygen atoms in total. The van der Waals surface area contributed by atoms with Gasteiger partial charge >= 0.3 is 5.97 Å². The smallest absolute Gasteiger partial charge is 0.346 e. The van der Waals surface area contributed by atoms with Gasteiger partial charge in [-0.05, 0) is 55.7 Å². The summed E-state index contributed by atoms with van der Waals surface area (Å²) >= 11 is 3.43. The van der Waals surface area contributed by atoms with Gasteiger partial charge in [0, 0.05) is 16.0 Å². The fraction of sp³-hybridized carbons (Fsp3) is 0.333. The summed E-state index contributed by atoms with van der Waals surface area (Å²) in [5, 5.41) is 5.01. The zero-order valence-electron chi connectivity index (χ0n) is 21.1. The Hall–Kier alpha value is -3.46. The third kappa shape index (κ3) is 5.84. The number of methoxy groups -OCH3 is 2. The van der Waals surface area contributed by atoms with Crippen LogP contribution in [0.2, 0.25) is 0 Å². The molecule has 0 radical (unpaired) electrons. The van der Waals surface area contributed by atoms with Crippen molar-refractivity contribution < 1.29 is 19.0 Å². The Bertz CT molecular complexity index is 1370. The van der Waals surface area contributed by atoms with Crippen LogP contribution in [0.4, 0.5) is 0 Å². The molecule has 1 aromatic heterocycles. The van der Waals surface area contributed by atoms with Crippen LogP contribution in [0.3, 0.4) is 0 Å². The number of aromatic nitrogens is 2. The van der Waals surface area contributed by atoms with Crippen molar-refractivity contribution in [2.75, 3.05) is 14.2 Å². The van der Waals surface area contributed by atoms with Crippen LogP contribution in [0, 0.1) is 0 Å². The maximum absolute atomic E-state index is 13.4. The van der Waals surface area contributed by atoms with Gasteiger partial charge in [0.05, 0.1) is 31.3 Å². The van der Waals surface area contributed by atoms with Crippen LogP contribution in [0.15, 0.2) is 57.4 Å². The number of carbonyl (C=O) groups is 1. The van der Waals surface area contributed by atoms with Gasteiger partial charge in [0.15, 0.2) is 17.6 Å². The van der Waals surface area contributed by atoms with Gasteiger partial charge < -0.3 is 14.2 Å². The maximum atomic E-state index is 13.4. The van der Waals surface area contributed by atoms with Crippen molar-refractivity contribution in [2.24, 2.45) is 5.10 Å². The third-order valence-corrected chi connectivity index (χ3v) is 6.27. The van der Waals surface area contributed by atoms with Crippen LogP contribution in [0.1, 0.15) is 50.1 Å². The van der Waals surface area contributed by atoms with Gasteiger partial charge in [0.1, 0.15) is 5.82 Å². The lowest BCUT2D eigenvalue weighted by Crippen LogP contribution is -2.25. The van der Waals surface area contributed by atoms with Gasteiger partial charge in [-0.2, -0.15) is 9.78 Å². The van der Waals surface area contributed by atoms with E-state index < -0.39 is 12.1 Å². The monoisotopic (exact) mass is 555 g/mol. The minimum Gasteiger partial charge on any atom is -0.493 e. The maximum Gasteiger partial charge on any atom is 0.346 e. The zero-order chi connectivity index (χ0) is 26.4. The highest BCUT2D eigenvalue weighted by Crippen LogP contribution is 2.34. The summed E-state index contributed by atoms with van der Waals surface area (Å²) in [6, 6.07) is 9.01. The second kappa shape index (κ2) is 12.0. The number of hydrogen-bond donors (Lipinski definition) is 0. The Morgan fingerprint density at radius 3 is 2.64 bits per heavy atom. The normalized spacial score (nSPS) is 12.9. The molecule has 3 rings (SSSR count). The number of benzene rings is 2. The number of esters is 1. The lowest BCUT2D eigenvalue weighted by Gasteiger charge is -2.19. The summed E-state index contributed by atoms with van der Waals surface area (Å²) in [6.07, 6.45) is 3.74. The predicted molar refractivity (Wildman–Crippen MR) is 144 cm³/mol. The lowest BCUT2D eigenvalue weighted by atomic mass is 10.1. The van der Waals surface area contributed by atoms with Gasteiger partial charge in [-0.15, -0.1) is 6.58 Å². The molecule has 2 aromatic carbocycles. The van der Waals surface area contributed by atoms with E-state index in [1.807, 2.05) is 32.0 Å². The highest BCUT2D eigenvalue weighted by atomic mass is 79.9. The van der Waals surface area contributed by atoms with E-state index in [0.29, 0.717) is 40.2 Å². The topological polar surface area (TPSA) is 92.0 Å². The molecule has 0 aliphatic carbocycles. The quantitative estimate of drug-likeness (QED) is 0.193. The molecule has 0 saturated carbocycles. The first-order valence-electron chi connectivity index (χ1n) is 11.6. The lowest BCUT2D eigenvalue weighted by molar-refractivity contribution is -0.147. The Balaban J connectivity index is 2.13. The van der Waals surface area contributed by atoms with Crippen molar-refractivity contribution in [1.29, 1.82) is 0 Å². The zero-order valence-corrected chi connectivity index (χ0v) is 22.7. The van der Waals surface area contributed by atoms with Crippen molar-refractivity contribution in [1.82, 2.24) is 9.66 Å². The first-order valence-corrected chi connectivity index (χ1v) is 12.4. The number of ether oxygens (including phenoxy) is 3. The Morgan fingerprint density at radius 1 is 1.25 bits per heavy atom. The molecule has 1 heterocycles. The molecule has 9 heteroatoms. The van der Waals surface area contributed by atoms with E-state index in [2.05, 4.69) is 27.6 Å². The van der Waals surface area contributed by atoms with E-state index in [9.17, 15) is 9.59 Å². The van der Waals surface area contributed by atoms with Crippen molar-refractivity contribution in [3.63, 3.8) is 0 Å². The summed E-state index contributed by atoms with van der Waals surface area (Å²) in [5.74, 6) is 0.937. The fourth-order valence-electron chi connectivity index (χ4n) is 3.64. The van der Waals surface area contributed by atoms with Crippen LogP contribution < -0.4 is 15.0 Å². The molecular formula is C27H30BrN3O5. The number of halogens is 1. The Labute approximate surface area is 218 Å². The van der Waals surface area contributed by atoms with Crippen LogP contribution in [0.5, 0.6) is 11.5 Å². The SMILES string of the molecule is C=CCc1cc(C=Nn2c([C@H](C)CC)nc3ccc(Br)cc3c2=O)cc(OC)c1O[C@H](C)C(=O)OC. The van der Waals surface area contributed by atoms with Crippen LogP contribution in [-0.2, 0) is 16.0 Å². The third-order valence-electron chi connectivity index (χ3n) is 5.77. The summed E-state index contributed by atoms with van der Waals surface area (Å²) in [6.45, 7) is 9.47. The van der Waals surface area contributed by atoms with Crippen LogP contribution in [-0.4, -0.2) is 42.2 Å². The molecule has 0 fully saturated rings. The Morgan fingerprint density at radius 2 is 2.00 bits per heavy atom. The highest BCUT2D eigenvalue weighted by Gasteiger charge is 2.21. The summed E-state index contributed by atoms with van der Waals surface area (Å²) in [4.78, 5) is 30.0. The first kappa shape index (κ1) is 27.1. The molecule has 190 valence electrons. The number of hydrogen-bond acceptors (Lipinski definition) is 7. The van der Waals surface area contributed by atoms with E-state index >= 15 is 0 Å². The van der Waals surface area contributed by atoms with E-state index in [1.54, 1.807) is 31.3 Å². The van der Waals surface area contributed by atoms with Gasteiger partial charge in [0.25, 0.3) is 5.56 Å². The molecule has 0 unspecified atom stereocenters. The molecule has 36 heavy (non-hydrogen) atoms. The predicted octanol–water partition coefficient (Wildman–Crippen LogP) is 5.23. The standard InChI is InChI=1S/C27H30BrN3O5/c1-7-9-19-12-18(13-23(34-5)24(19)36-17(4)27(33)35-6)15-29-31-25(16(3)8-2)30-22-11-10-20(28)14-21(22)26(31)32/h7,10-17H,1,8-9H2,2-6H3/t16-,17-/m1/s1. The van der Waals surface area contributed by atoms with Gasteiger partial charge in [0.2, 0.25) is 0 Å². The molecule has 3 aromatic rings. The molecule has 0 aliphatic rings.